The molecule has 0 radical (unpaired) electrons. The maximum atomic E-state index is 4.98. The van der Waals surface area contributed by atoms with Crippen LogP contribution in [-0.2, 0) is 32.5 Å². The standard InChI is InChI=1S/C20H29N5S.ClH/c1-2-24-11-10-22-18(24)13-25(17-12-20(17)6-8-21-9-7-20)14-19-23-15-4-3-5-16(15)26-19;/h10-11,17,21H,2-9,12-14H2,1H3;1H. The summed E-state index contributed by atoms with van der Waals surface area (Å²) < 4.78 is 2.28. The molecular weight excluding hydrogens is 378 g/mol. The zero-order chi connectivity index (χ0) is 17.6. The second-order valence-corrected chi connectivity index (χ2v) is 9.37. The molecule has 1 spiro atoms. The lowest BCUT2D eigenvalue weighted by Gasteiger charge is -2.29. The molecule has 1 N–H and O–H groups in total. The fourth-order valence-electron chi connectivity index (χ4n) is 5.03. The fourth-order valence-corrected chi connectivity index (χ4v) is 6.21. The van der Waals surface area contributed by atoms with Crippen LogP contribution in [0.5, 0.6) is 0 Å². The van der Waals surface area contributed by atoms with Gasteiger partial charge in [0.2, 0.25) is 0 Å². The first kappa shape index (κ1) is 19.4. The summed E-state index contributed by atoms with van der Waals surface area (Å²) in [5, 5.41) is 4.85. The van der Waals surface area contributed by atoms with Crippen LogP contribution in [-0.4, -0.2) is 38.6 Å². The second kappa shape index (κ2) is 7.82. The molecule has 2 aliphatic carbocycles. The number of aromatic nitrogens is 3. The number of imidazole rings is 1. The molecule has 0 aromatic carbocycles. The highest BCUT2D eigenvalue weighted by Crippen LogP contribution is 2.56. The van der Waals surface area contributed by atoms with Crippen molar-refractivity contribution in [2.75, 3.05) is 13.1 Å². The van der Waals surface area contributed by atoms with Gasteiger partial charge in [0.25, 0.3) is 0 Å². The van der Waals surface area contributed by atoms with E-state index in [0.29, 0.717) is 11.5 Å². The Hall–Kier alpha value is -0.950. The highest BCUT2D eigenvalue weighted by atomic mass is 35.5. The summed E-state index contributed by atoms with van der Waals surface area (Å²) in [5.74, 6) is 1.20. The zero-order valence-corrected chi connectivity index (χ0v) is 17.7. The van der Waals surface area contributed by atoms with Crippen molar-refractivity contribution in [3.8, 4) is 0 Å². The predicted molar refractivity (Wildman–Crippen MR) is 111 cm³/mol. The van der Waals surface area contributed by atoms with Crippen molar-refractivity contribution in [3.63, 3.8) is 0 Å². The van der Waals surface area contributed by atoms with Crippen molar-refractivity contribution in [2.45, 2.75) is 71.1 Å². The van der Waals surface area contributed by atoms with Gasteiger partial charge < -0.3 is 9.88 Å². The summed E-state index contributed by atoms with van der Waals surface area (Å²) in [5.41, 5.74) is 1.93. The summed E-state index contributed by atoms with van der Waals surface area (Å²) in [6.07, 6.45) is 11.8. The van der Waals surface area contributed by atoms with Gasteiger partial charge in [-0.25, -0.2) is 9.97 Å². The Bertz CT molecular complexity index is 758. The second-order valence-electron chi connectivity index (χ2n) is 8.20. The molecule has 5 rings (SSSR count). The summed E-state index contributed by atoms with van der Waals surface area (Å²) in [4.78, 5) is 13.9. The molecule has 2 fully saturated rings. The Morgan fingerprint density at radius 2 is 2.15 bits per heavy atom. The summed E-state index contributed by atoms with van der Waals surface area (Å²) in [7, 11) is 0. The van der Waals surface area contributed by atoms with E-state index in [1.807, 2.05) is 17.5 Å². The van der Waals surface area contributed by atoms with Gasteiger partial charge in [-0.1, -0.05) is 0 Å². The number of hydrogen-bond acceptors (Lipinski definition) is 5. The molecule has 1 unspecified atom stereocenters. The largest absolute Gasteiger partial charge is 0.334 e. The first-order valence-corrected chi connectivity index (χ1v) is 11.0. The average Bonchev–Trinajstić information content (AvgIpc) is 3.05. The number of nitrogens with zero attached hydrogens (tertiary/aromatic N) is 4. The molecule has 2 aromatic heterocycles. The maximum Gasteiger partial charge on any atom is 0.122 e. The minimum atomic E-state index is 0. The van der Waals surface area contributed by atoms with Gasteiger partial charge in [-0.05, 0) is 64.0 Å². The van der Waals surface area contributed by atoms with E-state index in [9.17, 15) is 0 Å². The van der Waals surface area contributed by atoms with Crippen molar-refractivity contribution in [3.05, 3.63) is 33.8 Å². The van der Waals surface area contributed by atoms with Crippen LogP contribution < -0.4 is 5.32 Å². The van der Waals surface area contributed by atoms with Gasteiger partial charge in [0, 0.05) is 29.9 Å². The number of piperidine rings is 1. The quantitative estimate of drug-likeness (QED) is 0.796. The third kappa shape index (κ3) is 3.69. The van der Waals surface area contributed by atoms with Crippen molar-refractivity contribution in [2.24, 2.45) is 5.41 Å². The van der Waals surface area contributed by atoms with Crippen molar-refractivity contribution >= 4 is 23.7 Å². The molecule has 2 aromatic rings. The van der Waals surface area contributed by atoms with Crippen molar-refractivity contribution in [1.82, 2.24) is 24.8 Å². The average molecular weight is 408 g/mol. The molecule has 7 heteroatoms. The minimum Gasteiger partial charge on any atom is -0.334 e. The molecule has 148 valence electrons. The summed E-state index contributed by atoms with van der Waals surface area (Å²) in [6, 6.07) is 0.699. The predicted octanol–water partition coefficient (Wildman–Crippen LogP) is 3.41. The third-order valence-electron chi connectivity index (χ3n) is 6.65. The first-order valence-electron chi connectivity index (χ1n) is 10.2. The molecular formula is C20H30ClN5S. The Kier molecular flexibility index (Phi) is 5.61. The lowest BCUT2D eigenvalue weighted by Crippen LogP contribution is -2.36. The smallest absolute Gasteiger partial charge is 0.122 e. The van der Waals surface area contributed by atoms with E-state index in [1.54, 1.807) is 4.88 Å². The molecule has 3 heterocycles. The first-order chi connectivity index (χ1) is 12.8. The maximum absolute atomic E-state index is 4.98. The van der Waals surface area contributed by atoms with Gasteiger partial charge in [-0.15, -0.1) is 23.7 Å². The monoisotopic (exact) mass is 407 g/mol. The van der Waals surface area contributed by atoms with Gasteiger partial charge in [0.05, 0.1) is 18.8 Å². The topological polar surface area (TPSA) is 46.0 Å². The van der Waals surface area contributed by atoms with E-state index in [2.05, 4.69) is 32.9 Å². The number of thiazole rings is 1. The van der Waals surface area contributed by atoms with Crippen LogP contribution in [0, 0.1) is 5.41 Å². The van der Waals surface area contributed by atoms with Gasteiger partial charge in [-0.3, -0.25) is 4.90 Å². The van der Waals surface area contributed by atoms with E-state index in [4.69, 9.17) is 4.98 Å². The number of nitrogens with one attached hydrogen (secondary N) is 1. The Morgan fingerprint density at radius 3 is 2.93 bits per heavy atom. The van der Waals surface area contributed by atoms with Crippen LogP contribution in [0.4, 0.5) is 0 Å². The van der Waals surface area contributed by atoms with Crippen LogP contribution in [0.25, 0.3) is 0 Å². The molecule has 3 aliphatic rings. The van der Waals surface area contributed by atoms with Gasteiger partial charge in [-0.2, -0.15) is 0 Å². The normalized spacial score (nSPS) is 22.8. The van der Waals surface area contributed by atoms with Crippen LogP contribution in [0.15, 0.2) is 12.4 Å². The molecule has 0 bridgehead atoms. The molecule has 27 heavy (non-hydrogen) atoms. The van der Waals surface area contributed by atoms with Gasteiger partial charge in [0.1, 0.15) is 10.8 Å². The minimum absolute atomic E-state index is 0. The summed E-state index contributed by atoms with van der Waals surface area (Å²) >= 11 is 1.96. The van der Waals surface area contributed by atoms with Gasteiger partial charge in [0.15, 0.2) is 0 Å². The molecule has 1 saturated carbocycles. The SMILES string of the molecule is CCn1ccnc1CN(Cc1nc2c(s1)CCC2)C1CC12CCNCC2.Cl. The number of halogens is 1. The summed E-state index contributed by atoms with van der Waals surface area (Å²) in [6.45, 7) is 7.50. The Balaban J connectivity index is 0.00000180. The molecule has 5 nitrogen and oxygen atoms in total. The van der Waals surface area contributed by atoms with Crippen LogP contribution in [0.2, 0.25) is 0 Å². The highest BCUT2D eigenvalue weighted by Gasteiger charge is 2.56. The van der Waals surface area contributed by atoms with E-state index in [1.165, 1.54) is 68.1 Å². The van der Waals surface area contributed by atoms with E-state index >= 15 is 0 Å². The number of rotatable bonds is 6. The van der Waals surface area contributed by atoms with Crippen molar-refractivity contribution in [1.29, 1.82) is 0 Å². The van der Waals surface area contributed by atoms with Crippen LogP contribution in [0.1, 0.15) is 54.0 Å². The highest BCUT2D eigenvalue weighted by molar-refractivity contribution is 7.11. The van der Waals surface area contributed by atoms with E-state index < -0.39 is 0 Å². The van der Waals surface area contributed by atoms with Gasteiger partial charge >= 0.3 is 0 Å². The van der Waals surface area contributed by atoms with Crippen LogP contribution >= 0.6 is 23.7 Å². The number of aryl methyl sites for hydroxylation is 3. The third-order valence-corrected chi connectivity index (χ3v) is 7.79. The Labute approximate surface area is 172 Å². The molecule has 1 saturated heterocycles. The van der Waals surface area contributed by atoms with E-state index in [0.717, 1.165) is 19.6 Å². The molecule has 0 amide bonds. The lowest BCUT2D eigenvalue weighted by molar-refractivity contribution is 0.182. The molecule has 1 aliphatic heterocycles. The zero-order valence-electron chi connectivity index (χ0n) is 16.1. The molecule has 1 atom stereocenters. The Morgan fingerprint density at radius 1 is 1.30 bits per heavy atom. The number of hydrogen-bond donors (Lipinski definition) is 1. The number of fused-ring (bicyclic) bond motifs is 1. The van der Waals surface area contributed by atoms with Crippen molar-refractivity contribution < 1.29 is 0 Å². The van der Waals surface area contributed by atoms with E-state index in [-0.39, 0.29) is 12.4 Å². The lowest BCUT2D eigenvalue weighted by atomic mass is 9.93. The van der Waals surface area contributed by atoms with Crippen LogP contribution in [0.3, 0.4) is 0 Å². The fraction of sp³-hybridized carbons (Fsp3) is 0.700.